The van der Waals surface area contributed by atoms with Crippen molar-refractivity contribution in [2.45, 2.75) is 4.90 Å². The Bertz CT molecular complexity index is 1560. The standard InChI is InChI=1S/C31H24Cl2N2O4S/c1-39-24-9-5-6-20(16-24)17-28(35-30(37)21-7-3-2-4-8-21)31(38)34-23-11-13-25(14-12-23)40-19-29(36)26-15-10-22(32)18-27(26)33/h2-18H,19H2,1H3,(H,34,38)(H,35,37)/b28-17-. The van der Waals surface area contributed by atoms with E-state index in [1.165, 1.54) is 17.8 Å². The van der Waals surface area contributed by atoms with Crippen LogP contribution >= 0.6 is 35.0 Å². The van der Waals surface area contributed by atoms with Crippen LogP contribution in [0.5, 0.6) is 5.75 Å². The summed E-state index contributed by atoms with van der Waals surface area (Å²) in [6, 6.07) is 27.6. The van der Waals surface area contributed by atoms with Crippen LogP contribution in [0.2, 0.25) is 10.0 Å². The molecule has 0 saturated heterocycles. The van der Waals surface area contributed by atoms with Crippen molar-refractivity contribution >= 4 is 64.3 Å². The van der Waals surface area contributed by atoms with Crippen molar-refractivity contribution in [3.8, 4) is 5.75 Å². The highest BCUT2D eigenvalue weighted by atomic mass is 35.5. The molecule has 0 aliphatic heterocycles. The fourth-order valence-corrected chi connectivity index (χ4v) is 4.91. The predicted octanol–water partition coefficient (Wildman–Crippen LogP) is 7.39. The van der Waals surface area contributed by atoms with Crippen molar-refractivity contribution < 1.29 is 19.1 Å². The van der Waals surface area contributed by atoms with Gasteiger partial charge in [-0.15, -0.1) is 11.8 Å². The Hall–Kier alpha value is -4.04. The summed E-state index contributed by atoms with van der Waals surface area (Å²) in [4.78, 5) is 39.5. The van der Waals surface area contributed by atoms with Crippen molar-refractivity contribution in [2.24, 2.45) is 0 Å². The SMILES string of the molecule is COc1cccc(/C=C(\NC(=O)c2ccccc2)C(=O)Nc2ccc(SCC(=O)c3ccc(Cl)cc3Cl)cc2)c1. The average Bonchev–Trinajstić information content (AvgIpc) is 2.96. The molecule has 2 N–H and O–H groups in total. The normalized spacial score (nSPS) is 11.0. The fraction of sp³-hybridized carbons (Fsp3) is 0.0645. The Kier molecular flexibility index (Phi) is 10.0. The number of carbonyl (C=O) groups is 3. The van der Waals surface area contributed by atoms with Gasteiger partial charge in [-0.05, 0) is 78.4 Å². The van der Waals surface area contributed by atoms with Gasteiger partial charge in [0.2, 0.25) is 0 Å². The number of hydrogen-bond acceptors (Lipinski definition) is 5. The van der Waals surface area contributed by atoms with Gasteiger partial charge in [-0.25, -0.2) is 0 Å². The van der Waals surface area contributed by atoms with Crippen molar-refractivity contribution in [2.75, 3.05) is 18.2 Å². The first-order valence-corrected chi connectivity index (χ1v) is 13.8. The van der Waals surface area contributed by atoms with Gasteiger partial charge < -0.3 is 15.4 Å². The molecule has 40 heavy (non-hydrogen) atoms. The lowest BCUT2D eigenvalue weighted by Gasteiger charge is -2.12. The first-order valence-electron chi connectivity index (χ1n) is 12.1. The van der Waals surface area contributed by atoms with E-state index >= 15 is 0 Å². The molecular formula is C31H24Cl2N2O4S. The second kappa shape index (κ2) is 13.8. The second-order valence-corrected chi connectivity index (χ2v) is 10.4. The molecule has 0 bridgehead atoms. The topological polar surface area (TPSA) is 84.5 Å². The molecule has 0 heterocycles. The molecule has 0 aliphatic carbocycles. The van der Waals surface area contributed by atoms with Gasteiger partial charge in [0.05, 0.1) is 17.9 Å². The van der Waals surface area contributed by atoms with Gasteiger partial charge in [-0.2, -0.15) is 0 Å². The Morgan fingerprint density at radius 2 is 1.62 bits per heavy atom. The maximum Gasteiger partial charge on any atom is 0.272 e. The molecule has 0 radical (unpaired) electrons. The van der Waals surface area contributed by atoms with Crippen LogP contribution in [0.15, 0.2) is 108 Å². The number of amides is 2. The number of ether oxygens (including phenoxy) is 1. The minimum Gasteiger partial charge on any atom is -0.497 e. The van der Waals surface area contributed by atoms with E-state index in [0.29, 0.717) is 38.2 Å². The van der Waals surface area contributed by atoms with E-state index in [2.05, 4.69) is 10.6 Å². The summed E-state index contributed by atoms with van der Waals surface area (Å²) in [6.45, 7) is 0. The zero-order chi connectivity index (χ0) is 28.5. The molecule has 6 nitrogen and oxygen atoms in total. The lowest BCUT2D eigenvalue weighted by molar-refractivity contribution is -0.113. The number of carbonyl (C=O) groups excluding carboxylic acids is 3. The molecule has 0 fully saturated rings. The first kappa shape index (κ1) is 29.0. The van der Waals surface area contributed by atoms with E-state index in [1.807, 2.05) is 0 Å². The summed E-state index contributed by atoms with van der Waals surface area (Å²) in [5, 5.41) is 6.31. The molecule has 4 aromatic carbocycles. The quantitative estimate of drug-likeness (QED) is 0.114. The number of Topliss-reactive ketones (excluding diaryl/α,β-unsaturated/α-hetero) is 1. The lowest BCUT2D eigenvalue weighted by Crippen LogP contribution is -2.30. The minimum absolute atomic E-state index is 0.0611. The smallest absolute Gasteiger partial charge is 0.272 e. The monoisotopic (exact) mass is 590 g/mol. The molecule has 202 valence electrons. The Balaban J connectivity index is 1.45. The molecule has 2 amide bonds. The van der Waals surface area contributed by atoms with Crippen LogP contribution < -0.4 is 15.4 Å². The van der Waals surface area contributed by atoms with Gasteiger partial charge in [0.25, 0.3) is 11.8 Å². The number of methoxy groups -OCH3 is 1. The number of ketones is 1. The van der Waals surface area contributed by atoms with E-state index < -0.39 is 11.8 Å². The molecule has 9 heteroatoms. The maximum absolute atomic E-state index is 13.3. The summed E-state index contributed by atoms with van der Waals surface area (Å²) in [7, 11) is 1.55. The summed E-state index contributed by atoms with van der Waals surface area (Å²) in [5.41, 5.74) is 2.09. The van der Waals surface area contributed by atoms with Crippen LogP contribution in [0, 0.1) is 0 Å². The Labute approximate surface area is 246 Å². The number of nitrogens with one attached hydrogen (secondary N) is 2. The highest BCUT2D eigenvalue weighted by Crippen LogP contribution is 2.26. The van der Waals surface area contributed by atoms with Crippen LogP contribution in [-0.4, -0.2) is 30.5 Å². The van der Waals surface area contributed by atoms with Crippen molar-refractivity contribution in [1.29, 1.82) is 0 Å². The zero-order valence-electron chi connectivity index (χ0n) is 21.3. The predicted molar refractivity (Wildman–Crippen MR) is 161 cm³/mol. The van der Waals surface area contributed by atoms with Crippen molar-refractivity contribution in [3.63, 3.8) is 0 Å². The third kappa shape index (κ3) is 7.99. The highest BCUT2D eigenvalue weighted by Gasteiger charge is 2.16. The van der Waals surface area contributed by atoms with E-state index in [9.17, 15) is 14.4 Å². The van der Waals surface area contributed by atoms with Crippen LogP contribution in [-0.2, 0) is 4.79 Å². The molecule has 0 unspecified atom stereocenters. The van der Waals surface area contributed by atoms with Crippen LogP contribution in [0.4, 0.5) is 5.69 Å². The van der Waals surface area contributed by atoms with Crippen molar-refractivity contribution in [1.82, 2.24) is 5.32 Å². The Morgan fingerprint density at radius 3 is 2.33 bits per heavy atom. The van der Waals surface area contributed by atoms with Crippen LogP contribution in [0.25, 0.3) is 6.08 Å². The van der Waals surface area contributed by atoms with Gasteiger partial charge in [-0.3, -0.25) is 14.4 Å². The number of anilines is 1. The van der Waals surface area contributed by atoms with Gasteiger partial charge in [0.1, 0.15) is 11.4 Å². The van der Waals surface area contributed by atoms with E-state index in [0.717, 1.165) is 4.90 Å². The van der Waals surface area contributed by atoms with Crippen LogP contribution in [0.1, 0.15) is 26.3 Å². The van der Waals surface area contributed by atoms with Gasteiger partial charge in [0.15, 0.2) is 5.78 Å². The highest BCUT2D eigenvalue weighted by molar-refractivity contribution is 8.00. The number of thioether (sulfide) groups is 1. The maximum atomic E-state index is 13.3. The zero-order valence-corrected chi connectivity index (χ0v) is 23.6. The molecule has 0 atom stereocenters. The third-order valence-corrected chi connectivity index (χ3v) is 7.21. The molecule has 0 saturated carbocycles. The van der Waals surface area contributed by atoms with E-state index in [4.69, 9.17) is 27.9 Å². The molecule has 4 aromatic rings. The summed E-state index contributed by atoms with van der Waals surface area (Å²) < 4.78 is 5.27. The average molecular weight is 592 g/mol. The van der Waals surface area contributed by atoms with Crippen LogP contribution in [0.3, 0.4) is 0 Å². The minimum atomic E-state index is -0.500. The fourth-order valence-electron chi connectivity index (χ4n) is 3.62. The van der Waals surface area contributed by atoms with Gasteiger partial charge >= 0.3 is 0 Å². The number of benzene rings is 4. The molecule has 0 spiro atoms. The lowest BCUT2D eigenvalue weighted by atomic mass is 10.1. The largest absolute Gasteiger partial charge is 0.497 e. The number of halogens is 2. The summed E-state index contributed by atoms with van der Waals surface area (Å²) in [5.74, 6) is -0.230. The molecule has 0 aliphatic rings. The number of hydrogen-bond donors (Lipinski definition) is 2. The summed E-state index contributed by atoms with van der Waals surface area (Å²) in [6.07, 6.45) is 1.58. The third-order valence-electron chi connectivity index (χ3n) is 5.65. The van der Waals surface area contributed by atoms with Gasteiger partial charge in [0, 0.05) is 26.7 Å². The summed E-state index contributed by atoms with van der Waals surface area (Å²) >= 11 is 13.4. The molecule has 0 aromatic heterocycles. The first-order chi connectivity index (χ1) is 19.3. The molecule has 4 rings (SSSR count). The van der Waals surface area contributed by atoms with Gasteiger partial charge in [-0.1, -0.05) is 53.5 Å². The second-order valence-electron chi connectivity index (χ2n) is 8.47. The van der Waals surface area contributed by atoms with Crippen molar-refractivity contribution in [3.05, 3.63) is 129 Å². The Morgan fingerprint density at radius 1 is 0.875 bits per heavy atom. The number of rotatable bonds is 10. The van der Waals surface area contributed by atoms with E-state index in [1.54, 1.807) is 104 Å². The molecular weight excluding hydrogens is 567 g/mol. The van der Waals surface area contributed by atoms with E-state index in [-0.39, 0.29) is 17.2 Å².